The van der Waals surface area contributed by atoms with Crippen molar-refractivity contribution in [1.29, 1.82) is 0 Å². The number of hydrogen-bond donors (Lipinski definition) is 1. The van der Waals surface area contributed by atoms with Crippen LogP contribution in [-0.4, -0.2) is 10.1 Å². The summed E-state index contributed by atoms with van der Waals surface area (Å²) in [5.41, 5.74) is 1.42. The van der Waals surface area contributed by atoms with E-state index in [0.29, 0.717) is 5.69 Å². The maximum absolute atomic E-state index is 10.3. The Hall–Kier alpha value is -2.65. The largest absolute Gasteiger partial charge is 0.457 e. The second kappa shape index (κ2) is 6.20. The predicted molar refractivity (Wildman–Crippen MR) is 81.3 cm³/mol. The van der Waals surface area contributed by atoms with Gasteiger partial charge in [-0.05, 0) is 42.0 Å². The summed E-state index contributed by atoms with van der Waals surface area (Å²) in [5.74, 6) is 1.52. The quantitative estimate of drug-likeness (QED) is 0.785. The SMILES string of the molecule is O[C@H](c1ccc(Oc2ccccc2)cc1)c1ccccn1. The van der Waals surface area contributed by atoms with E-state index in [2.05, 4.69) is 4.98 Å². The Morgan fingerprint density at radius 2 is 1.43 bits per heavy atom. The number of hydrogen-bond acceptors (Lipinski definition) is 3. The van der Waals surface area contributed by atoms with Gasteiger partial charge >= 0.3 is 0 Å². The lowest BCUT2D eigenvalue weighted by molar-refractivity contribution is 0.215. The van der Waals surface area contributed by atoms with Crippen LogP contribution in [0.25, 0.3) is 0 Å². The normalized spacial score (nSPS) is 11.9. The van der Waals surface area contributed by atoms with E-state index in [1.54, 1.807) is 12.3 Å². The molecule has 0 aliphatic carbocycles. The average molecular weight is 277 g/mol. The summed E-state index contributed by atoms with van der Waals surface area (Å²) < 4.78 is 5.72. The van der Waals surface area contributed by atoms with Gasteiger partial charge in [0.1, 0.15) is 17.6 Å². The van der Waals surface area contributed by atoms with Gasteiger partial charge in [0.15, 0.2) is 0 Å². The van der Waals surface area contributed by atoms with Crippen molar-refractivity contribution in [2.45, 2.75) is 6.10 Å². The van der Waals surface area contributed by atoms with Crippen LogP contribution >= 0.6 is 0 Å². The Labute approximate surface area is 123 Å². The molecule has 1 atom stereocenters. The molecule has 3 rings (SSSR count). The molecule has 21 heavy (non-hydrogen) atoms. The van der Waals surface area contributed by atoms with Crippen molar-refractivity contribution in [2.75, 3.05) is 0 Å². The first kappa shape index (κ1) is 13.3. The molecule has 3 nitrogen and oxygen atoms in total. The number of aliphatic hydroxyl groups is 1. The van der Waals surface area contributed by atoms with Crippen molar-refractivity contribution in [3.8, 4) is 11.5 Å². The Morgan fingerprint density at radius 1 is 0.762 bits per heavy atom. The summed E-state index contributed by atoms with van der Waals surface area (Å²) in [5, 5.41) is 10.3. The van der Waals surface area contributed by atoms with Gasteiger partial charge in [0.2, 0.25) is 0 Å². The van der Waals surface area contributed by atoms with Crippen molar-refractivity contribution < 1.29 is 9.84 Å². The Bertz CT molecular complexity index is 681. The second-order valence-electron chi connectivity index (χ2n) is 4.64. The van der Waals surface area contributed by atoms with Gasteiger partial charge in [-0.2, -0.15) is 0 Å². The zero-order chi connectivity index (χ0) is 14.5. The monoisotopic (exact) mass is 277 g/mol. The molecular formula is C18H15NO2. The molecular weight excluding hydrogens is 262 g/mol. The maximum Gasteiger partial charge on any atom is 0.127 e. The molecule has 0 fully saturated rings. The van der Waals surface area contributed by atoms with Gasteiger partial charge in [0, 0.05) is 6.20 Å². The summed E-state index contributed by atoms with van der Waals surface area (Å²) in [6.07, 6.45) is 0.947. The third-order valence-corrected chi connectivity index (χ3v) is 3.14. The van der Waals surface area contributed by atoms with Crippen LogP contribution in [0.4, 0.5) is 0 Å². The summed E-state index contributed by atoms with van der Waals surface area (Å²) >= 11 is 0. The molecule has 0 unspecified atom stereocenters. The number of aromatic nitrogens is 1. The minimum absolute atomic E-state index is 0.634. The molecule has 0 amide bonds. The van der Waals surface area contributed by atoms with Crippen LogP contribution in [0.15, 0.2) is 79.0 Å². The molecule has 2 aromatic carbocycles. The summed E-state index contributed by atoms with van der Waals surface area (Å²) in [6, 6.07) is 22.5. The molecule has 3 aromatic rings. The van der Waals surface area contributed by atoms with E-state index in [1.165, 1.54) is 0 Å². The van der Waals surface area contributed by atoms with Crippen LogP contribution in [0.5, 0.6) is 11.5 Å². The lowest BCUT2D eigenvalue weighted by Crippen LogP contribution is -2.01. The highest BCUT2D eigenvalue weighted by Crippen LogP contribution is 2.25. The van der Waals surface area contributed by atoms with Crippen molar-refractivity contribution in [3.63, 3.8) is 0 Å². The van der Waals surface area contributed by atoms with Gasteiger partial charge in [0.05, 0.1) is 5.69 Å². The zero-order valence-electron chi connectivity index (χ0n) is 11.4. The maximum atomic E-state index is 10.3. The third-order valence-electron chi connectivity index (χ3n) is 3.14. The van der Waals surface area contributed by atoms with Crippen molar-refractivity contribution in [2.24, 2.45) is 0 Å². The summed E-state index contributed by atoms with van der Waals surface area (Å²) in [6.45, 7) is 0. The zero-order valence-corrected chi connectivity index (χ0v) is 11.4. The Morgan fingerprint density at radius 3 is 2.10 bits per heavy atom. The van der Waals surface area contributed by atoms with Crippen molar-refractivity contribution in [1.82, 2.24) is 4.98 Å². The van der Waals surface area contributed by atoms with Crippen molar-refractivity contribution in [3.05, 3.63) is 90.3 Å². The molecule has 0 saturated heterocycles. The molecule has 0 radical (unpaired) electrons. The predicted octanol–water partition coefficient (Wildman–Crippen LogP) is 3.96. The number of benzene rings is 2. The van der Waals surface area contributed by atoms with Crippen LogP contribution in [0, 0.1) is 0 Å². The first-order valence-corrected chi connectivity index (χ1v) is 6.75. The highest BCUT2D eigenvalue weighted by atomic mass is 16.5. The van der Waals surface area contributed by atoms with E-state index >= 15 is 0 Å². The summed E-state index contributed by atoms with van der Waals surface area (Å²) in [7, 11) is 0. The highest BCUT2D eigenvalue weighted by molar-refractivity contribution is 5.35. The van der Waals surface area contributed by atoms with Crippen LogP contribution in [0.1, 0.15) is 17.4 Å². The molecule has 0 spiro atoms. The first-order valence-electron chi connectivity index (χ1n) is 6.75. The second-order valence-corrected chi connectivity index (χ2v) is 4.64. The molecule has 104 valence electrons. The van der Waals surface area contributed by atoms with Crippen LogP contribution in [0.3, 0.4) is 0 Å². The molecule has 3 heteroatoms. The van der Waals surface area contributed by atoms with E-state index < -0.39 is 6.10 Å². The van der Waals surface area contributed by atoms with Crippen LogP contribution in [-0.2, 0) is 0 Å². The van der Waals surface area contributed by atoms with Gasteiger partial charge in [-0.15, -0.1) is 0 Å². The molecule has 0 aliphatic heterocycles. The van der Waals surface area contributed by atoms with Crippen LogP contribution in [0.2, 0.25) is 0 Å². The standard InChI is InChI=1S/C18H15NO2/c20-18(17-8-4-5-13-19-17)14-9-11-16(12-10-14)21-15-6-2-1-3-7-15/h1-13,18,20H/t18-/m1/s1. The van der Waals surface area contributed by atoms with E-state index in [-0.39, 0.29) is 0 Å². The fraction of sp³-hybridized carbons (Fsp3) is 0.0556. The summed E-state index contributed by atoms with van der Waals surface area (Å²) in [4.78, 5) is 4.16. The third kappa shape index (κ3) is 3.27. The molecule has 0 bridgehead atoms. The highest BCUT2D eigenvalue weighted by Gasteiger charge is 2.11. The van der Waals surface area contributed by atoms with Gasteiger partial charge in [0.25, 0.3) is 0 Å². The van der Waals surface area contributed by atoms with Gasteiger partial charge in [-0.25, -0.2) is 0 Å². The lowest BCUT2D eigenvalue weighted by Gasteiger charge is -2.11. The number of rotatable bonds is 4. The molecule has 1 heterocycles. The van der Waals surface area contributed by atoms with Gasteiger partial charge in [-0.3, -0.25) is 4.98 Å². The fourth-order valence-corrected chi connectivity index (χ4v) is 2.05. The topological polar surface area (TPSA) is 42.4 Å². The Kier molecular flexibility index (Phi) is 3.94. The van der Waals surface area contributed by atoms with Gasteiger partial charge < -0.3 is 9.84 Å². The fourth-order valence-electron chi connectivity index (χ4n) is 2.05. The van der Waals surface area contributed by atoms with E-state index in [4.69, 9.17) is 4.74 Å². The Balaban J connectivity index is 1.75. The number of pyridine rings is 1. The number of ether oxygens (including phenoxy) is 1. The molecule has 1 N–H and O–H groups in total. The first-order chi connectivity index (χ1) is 10.3. The smallest absolute Gasteiger partial charge is 0.127 e. The van der Waals surface area contributed by atoms with E-state index in [1.807, 2.05) is 66.7 Å². The van der Waals surface area contributed by atoms with E-state index in [9.17, 15) is 5.11 Å². The molecule has 0 aliphatic rings. The van der Waals surface area contributed by atoms with Crippen molar-refractivity contribution >= 4 is 0 Å². The minimum atomic E-state index is -0.725. The number of aliphatic hydroxyl groups excluding tert-OH is 1. The molecule has 1 aromatic heterocycles. The van der Waals surface area contributed by atoms with E-state index in [0.717, 1.165) is 17.1 Å². The number of nitrogens with zero attached hydrogens (tertiary/aromatic N) is 1. The average Bonchev–Trinajstić information content (AvgIpc) is 2.57. The number of para-hydroxylation sites is 1. The minimum Gasteiger partial charge on any atom is -0.457 e. The molecule has 0 saturated carbocycles. The van der Waals surface area contributed by atoms with Gasteiger partial charge in [-0.1, -0.05) is 36.4 Å². The van der Waals surface area contributed by atoms with Crippen LogP contribution < -0.4 is 4.74 Å². The lowest BCUT2D eigenvalue weighted by atomic mass is 10.1.